The maximum atomic E-state index is 9.50. The molecule has 0 aromatic heterocycles. The molecular weight excluding hydrogens is 296 g/mol. The number of aliphatic hydroxyl groups excluding tert-OH is 1. The molecule has 0 saturated heterocycles. The minimum atomic E-state index is -0.445. The van der Waals surface area contributed by atoms with Crippen molar-refractivity contribution in [1.82, 2.24) is 0 Å². The topological polar surface area (TPSA) is 38.7 Å². The number of hydrogen-bond acceptors (Lipinski definition) is 3. The van der Waals surface area contributed by atoms with E-state index in [2.05, 4.69) is 15.9 Å². The van der Waals surface area contributed by atoms with Crippen LogP contribution in [0.2, 0.25) is 0 Å². The summed E-state index contributed by atoms with van der Waals surface area (Å²) in [6, 6.07) is 3.91. The van der Waals surface area contributed by atoms with Crippen molar-refractivity contribution in [2.75, 3.05) is 13.2 Å². The lowest BCUT2D eigenvalue weighted by Crippen LogP contribution is -2.00. The summed E-state index contributed by atoms with van der Waals surface area (Å²) in [6.07, 6.45) is 2.39. The maximum absolute atomic E-state index is 9.50. The van der Waals surface area contributed by atoms with Gasteiger partial charge in [0.15, 0.2) is 11.5 Å². The number of hydrogen-bond donors (Lipinski definition) is 1. The summed E-state index contributed by atoms with van der Waals surface area (Å²) < 4.78 is 12.2. The molecule has 4 heteroatoms. The summed E-state index contributed by atoms with van der Waals surface area (Å²) >= 11 is 3.50. The largest absolute Gasteiger partial charge is 0.489 e. The Balaban J connectivity index is 2.37. The van der Waals surface area contributed by atoms with Gasteiger partial charge in [0.05, 0.1) is 23.8 Å². The molecule has 0 amide bonds. The Morgan fingerprint density at radius 3 is 2.83 bits per heavy atom. The lowest BCUT2D eigenvalue weighted by atomic mass is 10.1. The normalized spacial score (nSPS) is 17.2. The molecule has 2 rings (SSSR count). The molecule has 1 aliphatic rings. The number of rotatable bonds is 2. The summed E-state index contributed by atoms with van der Waals surface area (Å²) in [6.45, 7) is 5.00. The first-order valence-corrected chi connectivity index (χ1v) is 6.82. The Labute approximate surface area is 116 Å². The highest BCUT2D eigenvalue weighted by atomic mass is 79.9. The minimum Gasteiger partial charge on any atom is -0.489 e. The summed E-state index contributed by atoms with van der Waals surface area (Å²) in [5, 5.41) is 9.50. The zero-order valence-corrected chi connectivity index (χ0v) is 12.2. The van der Waals surface area contributed by atoms with Crippen LogP contribution in [0.25, 0.3) is 6.08 Å². The molecule has 1 N–H and O–H groups in total. The van der Waals surface area contributed by atoms with Crippen LogP contribution >= 0.6 is 15.9 Å². The molecule has 1 heterocycles. The smallest absolute Gasteiger partial charge is 0.175 e. The van der Waals surface area contributed by atoms with Gasteiger partial charge in [0.1, 0.15) is 0 Å². The van der Waals surface area contributed by atoms with Gasteiger partial charge in [0.2, 0.25) is 0 Å². The van der Waals surface area contributed by atoms with Crippen LogP contribution in [0.3, 0.4) is 0 Å². The molecule has 1 atom stereocenters. The number of aliphatic hydroxyl groups is 1. The summed E-state index contributed by atoms with van der Waals surface area (Å²) in [4.78, 5) is 0. The van der Waals surface area contributed by atoms with E-state index in [4.69, 9.17) is 9.47 Å². The van der Waals surface area contributed by atoms with Gasteiger partial charge in [0.25, 0.3) is 0 Å². The van der Waals surface area contributed by atoms with Gasteiger partial charge in [-0.2, -0.15) is 0 Å². The molecule has 0 fully saturated rings. The molecule has 0 aliphatic carbocycles. The molecule has 1 aromatic carbocycles. The summed E-state index contributed by atoms with van der Waals surface area (Å²) in [5.41, 5.74) is 1.90. The number of fused-ring (bicyclic) bond motifs is 1. The van der Waals surface area contributed by atoms with E-state index in [9.17, 15) is 5.11 Å². The fourth-order valence-electron chi connectivity index (χ4n) is 1.72. The highest BCUT2D eigenvalue weighted by Gasteiger charge is 2.14. The highest BCUT2D eigenvalue weighted by Crippen LogP contribution is 2.38. The zero-order chi connectivity index (χ0) is 13.1. The summed E-state index contributed by atoms with van der Waals surface area (Å²) in [7, 11) is 0. The molecule has 0 radical (unpaired) electrons. The monoisotopic (exact) mass is 312 g/mol. The first kappa shape index (κ1) is 13.4. The van der Waals surface area contributed by atoms with E-state index in [1.807, 2.05) is 25.1 Å². The van der Waals surface area contributed by atoms with Crippen molar-refractivity contribution in [3.05, 3.63) is 27.7 Å². The van der Waals surface area contributed by atoms with Crippen LogP contribution < -0.4 is 9.47 Å². The van der Waals surface area contributed by atoms with E-state index >= 15 is 0 Å². The van der Waals surface area contributed by atoms with Crippen LogP contribution in [-0.4, -0.2) is 24.4 Å². The molecule has 0 spiro atoms. The van der Waals surface area contributed by atoms with Crippen molar-refractivity contribution in [3.8, 4) is 11.5 Å². The number of halogens is 1. The van der Waals surface area contributed by atoms with Crippen LogP contribution in [0.1, 0.15) is 25.8 Å². The third kappa shape index (κ3) is 3.06. The van der Waals surface area contributed by atoms with Crippen LogP contribution in [-0.2, 0) is 0 Å². The second-order valence-corrected chi connectivity index (χ2v) is 5.30. The van der Waals surface area contributed by atoms with Gasteiger partial charge in [-0.15, -0.1) is 0 Å². The quantitative estimate of drug-likeness (QED) is 0.909. The second-order valence-electron chi connectivity index (χ2n) is 4.44. The van der Waals surface area contributed by atoms with Gasteiger partial charge in [-0.05, 0) is 53.0 Å². The SMILES string of the molecule is C/C(=C\c1cc(Br)c2c(c1)OCCCO2)C(C)O. The highest BCUT2D eigenvalue weighted by molar-refractivity contribution is 9.10. The van der Waals surface area contributed by atoms with Gasteiger partial charge < -0.3 is 14.6 Å². The fourth-order valence-corrected chi connectivity index (χ4v) is 2.29. The van der Waals surface area contributed by atoms with Crippen molar-refractivity contribution in [2.45, 2.75) is 26.4 Å². The third-order valence-electron chi connectivity index (χ3n) is 2.88. The summed E-state index contributed by atoms with van der Waals surface area (Å²) in [5.74, 6) is 1.52. The van der Waals surface area contributed by atoms with Crippen molar-refractivity contribution in [2.24, 2.45) is 0 Å². The van der Waals surface area contributed by atoms with E-state index in [0.29, 0.717) is 13.2 Å². The molecule has 1 unspecified atom stereocenters. The van der Waals surface area contributed by atoms with E-state index in [0.717, 1.165) is 33.5 Å². The molecule has 0 saturated carbocycles. The van der Waals surface area contributed by atoms with Crippen molar-refractivity contribution in [3.63, 3.8) is 0 Å². The minimum absolute atomic E-state index is 0.445. The van der Waals surface area contributed by atoms with E-state index < -0.39 is 6.10 Å². The van der Waals surface area contributed by atoms with Gasteiger partial charge in [0, 0.05) is 6.42 Å². The second kappa shape index (κ2) is 5.76. The van der Waals surface area contributed by atoms with Crippen LogP contribution in [0.5, 0.6) is 11.5 Å². The Bertz CT molecular complexity index is 466. The van der Waals surface area contributed by atoms with Crippen molar-refractivity contribution < 1.29 is 14.6 Å². The van der Waals surface area contributed by atoms with Crippen LogP contribution in [0.4, 0.5) is 0 Å². The van der Waals surface area contributed by atoms with Crippen molar-refractivity contribution >= 4 is 22.0 Å². The number of ether oxygens (including phenoxy) is 2. The molecular formula is C14H17BrO3. The van der Waals surface area contributed by atoms with Crippen LogP contribution in [0.15, 0.2) is 22.2 Å². The molecule has 1 aliphatic heterocycles. The molecule has 98 valence electrons. The molecule has 1 aromatic rings. The van der Waals surface area contributed by atoms with Crippen molar-refractivity contribution in [1.29, 1.82) is 0 Å². The first-order chi connectivity index (χ1) is 8.58. The molecule has 0 bridgehead atoms. The lowest BCUT2D eigenvalue weighted by molar-refractivity contribution is 0.232. The number of benzene rings is 1. The Morgan fingerprint density at radius 1 is 1.39 bits per heavy atom. The lowest BCUT2D eigenvalue weighted by Gasteiger charge is -2.11. The first-order valence-electron chi connectivity index (χ1n) is 6.03. The average Bonchev–Trinajstić information content (AvgIpc) is 2.54. The van der Waals surface area contributed by atoms with Gasteiger partial charge in [-0.3, -0.25) is 0 Å². The van der Waals surface area contributed by atoms with E-state index in [1.165, 1.54) is 0 Å². The fraction of sp³-hybridized carbons (Fsp3) is 0.429. The zero-order valence-electron chi connectivity index (χ0n) is 10.6. The molecule has 18 heavy (non-hydrogen) atoms. The Morgan fingerprint density at radius 2 is 2.11 bits per heavy atom. The molecule has 3 nitrogen and oxygen atoms in total. The van der Waals surface area contributed by atoms with E-state index in [-0.39, 0.29) is 0 Å². The van der Waals surface area contributed by atoms with Gasteiger partial charge in [-0.25, -0.2) is 0 Å². The predicted molar refractivity (Wildman–Crippen MR) is 75.1 cm³/mol. The van der Waals surface area contributed by atoms with Gasteiger partial charge >= 0.3 is 0 Å². The predicted octanol–water partition coefficient (Wildman–Crippen LogP) is 3.39. The Hall–Kier alpha value is -1.00. The average molecular weight is 313 g/mol. The maximum Gasteiger partial charge on any atom is 0.175 e. The standard InChI is InChI=1S/C14H17BrO3/c1-9(10(2)16)6-11-7-12(15)14-13(8-11)17-4-3-5-18-14/h6-8,10,16H,3-5H2,1-2H3/b9-6+. The van der Waals surface area contributed by atoms with Gasteiger partial charge in [-0.1, -0.05) is 6.08 Å². The Kier molecular flexibility index (Phi) is 4.30. The van der Waals surface area contributed by atoms with Crippen LogP contribution in [0, 0.1) is 0 Å². The van der Waals surface area contributed by atoms with E-state index in [1.54, 1.807) is 6.92 Å². The third-order valence-corrected chi connectivity index (χ3v) is 3.47.